The molecule has 6 nitrogen and oxygen atoms in total. The van der Waals surface area contributed by atoms with Gasteiger partial charge in [0.05, 0.1) is 5.41 Å². The molecule has 6 heteroatoms. The first kappa shape index (κ1) is 17.8. The van der Waals surface area contributed by atoms with Gasteiger partial charge in [-0.05, 0) is 47.7 Å². The Morgan fingerprint density at radius 2 is 2.05 bits per heavy atom. The summed E-state index contributed by atoms with van der Waals surface area (Å²) < 4.78 is 0. The van der Waals surface area contributed by atoms with Crippen LogP contribution in [0.1, 0.15) is 40.0 Å². The number of aliphatic carboxylic acids is 1. The summed E-state index contributed by atoms with van der Waals surface area (Å²) in [5.41, 5.74) is -0.847. The Balaban J connectivity index is 2.72. The van der Waals surface area contributed by atoms with Crippen molar-refractivity contribution in [2.75, 3.05) is 27.2 Å². The lowest BCUT2D eigenvalue weighted by Crippen LogP contribution is -2.54. The average molecular weight is 299 g/mol. The van der Waals surface area contributed by atoms with E-state index in [-0.39, 0.29) is 18.1 Å². The maximum absolute atomic E-state index is 12.5. The van der Waals surface area contributed by atoms with Crippen molar-refractivity contribution in [2.45, 2.75) is 52.1 Å². The van der Waals surface area contributed by atoms with Gasteiger partial charge in [0.25, 0.3) is 0 Å². The van der Waals surface area contributed by atoms with Crippen molar-refractivity contribution in [1.82, 2.24) is 15.1 Å². The van der Waals surface area contributed by atoms with Gasteiger partial charge in [-0.3, -0.25) is 4.79 Å². The summed E-state index contributed by atoms with van der Waals surface area (Å²) in [5, 5.41) is 12.4. The second-order valence-corrected chi connectivity index (χ2v) is 6.51. The molecule has 2 N–H and O–H groups in total. The highest BCUT2D eigenvalue weighted by atomic mass is 16.4. The summed E-state index contributed by atoms with van der Waals surface area (Å²) in [7, 11) is 3.95. The predicted molar refractivity (Wildman–Crippen MR) is 82.3 cm³/mol. The summed E-state index contributed by atoms with van der Waals surface area (Å²) in [6.07, 6.45) is 2.19. The Morgan fingerprint density at radius 3 is 2.52 bits per heavy atom. The largest absolute Gasteiger partial charge is 0.481 e. The van der Waals surface area contributed by atoms with Gasteiger partial charge in [-0.2, -0.15) is 0 Å². The molecule has 0 heterocycles. The Kier molecular flexibility index (Phi) is 6.01. The number of nitrogens with zero attached hydrogens (tertiary/aromatic N) is 2. The van der Waals surface area contributed by atoms with Gasteiger partial charge in [0, 0.05) is 25.2 Å². The third kappa shape index (κ3) is 4.09. The van der Waals surface area contributed by atoms with Gasteiger partial charge in [0.2, 0.25) is 0 Å². The maximum Gasteiger partial charge on any atom is 0.317 e. The van der Waals surface area contributed by atoms with E-state index in [1.54, 1.807) is 11.8 Å². The minimum Gasteiger partial charge on any atom is -0.481 e. The predicted octanol–water partition coefficient (Wildman–Crippen LogP) is 1.61. The van der Waals surface area contributed by atoms with Gasteiger partial charge in [0.1, 0.15) is 0 Å². The number of likely N-dealkylation sites (N-methyl/N-ethyl adjacent to an activating group) is 2. The smallest absolute Gasteiger partial charge is 0.317 e. The van der Waals surface area contributed by atoms with Crippen molar-refractivity contribution < 1.29 is 14.7 Å². The molecule has 0 aromatic heterocycles. The number of rotatable bonds is 6. The van der Waals surface area contributed by atoms with E-state index in [4.69, 9.17) is 0 Å². The molecule has 122 valence electrons. The van der Waals surface area contributed by atoms with Crippen molar-refractivity contribution >= 4 is 12.0 Å². The van der Waals surface area contributed by atoms with Crippen LogP contribution in [-0.2, 0) is 4.79 Å². The molecule has 1 aliphatic carbocycles. The Morgan fingerprint density at radius 1 is 1.43 bits per heavy atom. The molecule has 1 aliphatic rings. The van der Waals surface area contributed by atoms with E-state index < -0.39 is 11.4 Å². The molecule has 3 atom stereocenters. The van der Waals surface area contributed by atoms with Crippen LogP contribution in [0.15, 0.2) is 0 Å². The Labute approximate surface area is 127 Å². The summed E-state index contributed by atoms with van der Waals surface area (Å²) >= 11 is 0. The van der Waals surface area contributed by atoms with Gasteiger partial charge in [0.15, 0.2) is 0 Å². The van der Waals surface area contributed by atoms with E-state index in [2.05, 4.69) is 5.32 Å². The van der Waals surface area contributed by atoms with Crippen LogP contribution in [-0.4, -0.2) is 66.2 Å². The van der Waals surface area contributed by atoms with Crippen LogP contribution in [0.4, 0.5) is 4.79 Å². The number of carbonyl (C=O) groups excluding carboxylic acids is 1. The zero-order chi connectivity index (χ0) is 16.2. The first-order chi connectivity index (χ1) is 9.72. The molecule has 0 saturated heterocycles. The van der Waals surface area contributed by atoms with Crippen LogP contribution >= 0.6 is 0 Å². The molecule has 1 fully saturated rings. The minimum absolute atomic E-state index is 0.0856. The van der Waals surface area contributed by atoms with Crippen LogP contribution in [0.3, 0.4) is 0 Å². The SMILES string of the molecule is CCN(C(=O)NC1CCCC1(C)C(=O)O)C(C)CN(C)C. The number of hydrogen-bond acceptors (Lipinski definition) is 3. The van der Waals surface area contributed by atoms with Gasteiger partial charge in [-0.25, -0.2) is 4.79 Å². The fraction of sp³-hybridized carbons (Fsp3) is 0.867. The highest BCUT2D eigenvalue weighted by molar-refractivity contribution is 5.79. The van der Waals surface area contributed by atoms with Gasteiger partial charge < -0.3 is 20.2 Å². The summed E-state index contributed by atoms with van der Waals surface area (Å²) in [6.45, 7) is 7.07. The molecule has 1 rings (SSSR count). The van der Waals surface area contributed by atoms with Crippen LogP contribution in [0.25, 0.3) is 0 Å². The molecule has 0 spiro atoms. The highest BCUT2D eigenvalue weighted by Crippen LogP contribution is 2.38. The lowest BCUT2D eigenvalue weighted by molar-refractivity contribution is -0.148. The van der Waals surface area contributed by atoms with Gasteiger partial charge in [-0.1, -0.05) is 6.42 Å². The summed E-state index contributed by atoms with van der Waals surface area (Å²) in [6, 6.07) is -0.364. The van der Waals surface area contributed by atoms with E-state index in [1.807, 2.05) is 32.8 Å². The van der Waals surface area contributed by atoms with Crippen LogP contribution in [0.2, 0.25) is 0 Å². The normalized spacial score (nSPS) is 26.7. The van der Waals surface area contributed by atoms with Crippen molar-refractivity contribution in [2.24, 2.45) is 5.41 Å². The number of urea groups is 1. The fourth-order valence-electron chi connectivity index (χ4n) is 3.17. The zero-order valence-corrected chi connectivity index (χ0v) is 13.8. The molecule has 1 saturated carbocycles. The maximum atomic E-state index is 12.5. The number of carboxylic acid groups (broad SMARTS) is 1. The van der Waals surface area contributed by atoms with Gasteiger partial charge >= 0.3 is 12.0 Å². The molecule has 0 aromatic rings. The fourth-order valence-corrected chi connectivity index (χ4v) is 3.17. The first-order valence-electron chi connectivity index (χ1n) is 7.67. The number of amides is 2. The molecule has 0 bridgehead atoms. The second-order valence-electron chi connectivity index (χ2n) is 6.51. The van der Waals surface area contributed by atoms with Crippen molar-refractivity contribution in [3.63, 3.8) is 0 Å². The molecule has 0 aromatic carbocycles. The van der Waals surface area contributed by atoms with E-state index in [1.165, 1.54) is 0 Å². The second kappa shape index (κ2) is 7.11. The van der Waals surface area contributed by atoms with Crippen LogP contribution < -0.4 is 5.32 Å². The van der Waals surface area contributed by atoms with Crippen molar-refractivity contribution in [1.29, 1.82) is 0 Å². The number of nitrogens with one attached hydrogen (secondary N) is 1. The molecule has 0 aliphatic heterocycles. The quantitative estimate of drug-likeness (QED) is 0.781. The van der Waals surface area contributed by atoms with Crippen LogP contribution in [0, 0.1) is 5.41 Å². The summed E-state index contributed by atoms with van der Waals surface area (Å²) in [4.78, 5) is 27.7. The zero-order valence-electron chi connectivity index (χ0n) is 13.8. The van der Waals surface area contributed by atoms with E-state index >= 15 is 0 Å². The van der Waals surface area contributed by atoms with Crippen LogP contribution in [0.5, 0.6) is 0 Å². The molecule has 21 heavy (non-hydrogen) atoms. The number of hydrogen-bond donors (Lipinski definition) is 2. The molecular weight excluding hydrogens is 270 g/mol. The Hall–Kier alpha value is -1.30. The Bertz CT molecular complexity index is 386. The topological polar surface area (TPSA) is 72.9 Å². The first-order valence-corrected chi connectivity index (χ1v) is 7.67. The molecular formula is C15H29N3O3. The van der Waals surface area contributed by atoms with Crippen molar-refractivity contribution in [3.8, 4) is 0 Å². The molecule has 0 radical (unpaired) electrons. The third-order valence-electron chi connectivity index (χ3n) is 4.51. The minimum atomic E-state index is -0.847. The van der Waals surface area contributed by atoms with Crippen molar-refractivity contribution in [3.05, 3.63) is 0 Å². The monoisotopic (exact) mass is 299 g/mol. The number of carboxylic acids is 1. The van der Waals surface area contributed by atoms with Gasteiger partial charge in [-0.15, -0.1) is 0 Å². The number of carbonyl (C=O) groups is 2. The average Bonchev–Trinajstić information content (AvgIpc) is 2.72. The standard InChI is InChI=1S/C15H29N3O3/c1-6-18(11(2)10-17(4)5)14(21)16-12-8-7-9-15(12,3)13(19)20/h11-12H,6-10H2,1-5H3,(H,16,21)(H,19,20). The van der Waals surface area contributed by atoms with E-state index in [0.717, 1.165) is 19.4 Å². The third-order valence-corrected chi connectivity index (χ3v) is 4.51. The highest BCUT2D eigenvalue weighted by Gasteiger charge is 2.46. The lowest BCUT2D eigenvalue weighted by atomic mass is 9.85. The summed E-state index contributed by atoms with van der Waals surface area (Å²) in [5.74, 6) is -0.824. The van der Waals surface area contributed by atoms with E-state index in [9.17, 15) is 14.7 Å². The molecule has 2 amide bonds. The molecule has 3 unspecified atom stereocenters. The lowest BCUT2D eigenvalue weighted by Gasteiger charge is -2.34. The van der Waals surface area contributed by atoms with E-state index in [0.29, 0.717) is 13.0 Å².